The van der Waals surface area contributed by atoms with Crippen molar-refractivity contribution in [3.63, 3.8) is 0 Å². The Morgan fingerprint density at radius 3 is 2.68 bits per heavy atom. The number of aromatic amines is 2. The molecule has 6 nitrogen and oxygen atoms in total. The molecule has 0 radical (unpaired) electrons. The molecule has 1 saturated heterocycles. The smallest absolute Gasteiger partial charge is 0.161 e. The first-order chi connectivity index (χ1) is 13.7. The molecule has 28 heavy (non-hydrogen) atoms. The topological polar surface area (TPSA) is 63.8 Å². The molecule has 2 aromatic carbocycles. The van der Waals surface area contributed by atoms with Crippen molar-refractivity contribution in [2.75, 3.05) is 38.1 Å². The van der Waals surface area contributed by atoms with Crippen LogP contribution in [0, 0.1) is 5.82 Å². The molecule has 3 heterocycles. The molecule has 5 rings (SSSR count). The predicted molar refractivity (Wildman–Crippen MR) is 109 cm³/mol. The fourth-order valence-electron chi connectivity index (χ4n) is 3.78. The maximum atomic E-state index is 13.7. The molecular weight excluding hydrogens is 355 g/mol. The van der Waals surface area contributed by atoms with E-state index in [4.69, 9.17) is 4.98 Å². The third-order valence-corrected chi connectivity index (χ3v) is 5.34. The zero-order valence-corrected chi connectivity index (χ0v) is 15.6. The van der Waals surface area contributed by atoms with Crippen LogP contribution in [0.25, 0.3) is 33.7 Å². The van der Waals surface area contributed by atoms with Crippen LogP contribution in [0.2, 0.25) is 0 Å². The minimum absolute atomic E-state index is 0.255. The van der Waals surface area contributed by atoms with Crippen LogP contribution in [0.1, 0.15) is 0 Å². The van der Waals surface area contributed by atoms with Crippen molar-refractivity contribution in [2.24, 2.45) is 0 Å². The van der Waals surface area contributed by atoms with E-state index in [1.165, 1.54) is 12.1 Å². The Hall–Kier alpha value is -3.19. The molecule has 2 N–H and O–H groups in total. The van der Waals surface area contributed by atoms with Crippen molar-refractivity contribution in [1.82, 2.24) is 25.1 Å². The van der Waals surface area contributed by atoms with E-state index in [2.05, 4.69) is 32.0 Å². The van der Waals surface area contributed by atoms with Crippen LogP contribution >= 0.6 is 0 Å². The summed E-state index contributed by atoms with van der Waals surface area (Å²) in [5, 5.41) is 7.45. The summed E-state index contributed by atoms with van der Waals surface area (Å²) in [6, 6.07) is 12.5. The molecule has 0 atom stereocenters. The van der Waals surface area contributed by atoms with Gasteiger partial charge in [0.15, 0.2) is 11.5 Å². The molecule has 0 saturated carbocycles. The van der Waals surface area contributed by atoms with Crippen molar-refractivity contribution in [2.45, 2.75) is 0 Å². The molecule has 142 valence electrons. The summed E-state index contributed by atoms with van der Waals surface area (Å²) in [6.07, 6.45) is 1.93. The summed E-state index contributed by atoms with van der Waals surface area (Å²) < 4.78 is 13.7. The van der Waals surface area contributed by atoms with Gasteiger partial charge in [-0.15, -0.1) is 0 Å². The summed E-state index contributed by atoms with van der Waals surface area (Å²) in [5.74, 6) is 0.462. The Balaban J connectivity index is 1.57. The van der Waals surface area contributed by atoms with E-state index >= 15 is 0 Å². The highest BCUT2D eigenvalue weighted by Crippen LogP contribution is 2.32. The lowest BCUT2D eigenvalue weighted by molar-refractivity contribution is 0.313. The van der Waals surface area contributed by atoms with Gasteiger partial charge in [0, 0.05) is 37.9 Å². The number of aromatic nitrogens is 4. The molecule has 0 aliphatic carbocycles. The predicted octanol–water partition coefficient (Wildman–Crippen LogP) is 3.51. The van der Waals surface area contributed by atoms with Crippen LogP contribution in [0.3, 0.4) is 0 Å². The van der Waals surface area contributed by atoms with Gasteiger partial charge in [-0.25, -0.2) is 9.37 Å². The number of hydrogen-bond acceptors (Lipinski definition) is 4. The highest BCUT2D eigenvalue weighted by Gasteiger charge is 2.22. The van der Waals surface area contributed by atoms with E-state index in [9.17, 15) is 4.39 Å². The van der Waals surface area contributed by atoms with Gasteiger partial charge >= 0.3 is 0 Å². The number of H-pyrrole nitrogens is 2. The van der Waals surface area contributed by atoms with Gasteiger partial charge in [-0.3, -0.25) is 5.10 Å². The number of nitrogens with zero attached hydrogens (tertiary/aromatic N) is 4. The Labute approximate surface area is 162 Å². The minimum Gasteiger partial charge on any atom is -0.366 e. The molecule has 0 unspecified atom stereocenters. The number of rotatable bonds is 3. The number of anilines is 1. The second-order valence-corrected chi connectivity index (χ2v) is 7.21. The van der Waals surface area contributed by atoms with Gasteiger partial charge in [0.25, 0.3) is 0 Å². The lowest BCUT2D eigenvalue weighted by Crippen LogP contribution is -2.44. The summed E-state index contributed by atoms with van der Waals surface area (Å²) in [5.41, 5.74) is 5.30. The van der Waals surface area contributed by atoms with E-state index in [0.717, 1.165) is 59.7 Å². The number of piperazine rings is 1. The van der Waals surface area contributed by atoms with Crippen LogP contribution in [0.15, 0.2) is 48.7 Å². The van der Waals surface area contributed by atoms with Crippen molar-refractivity contribution >= 4 is 16.7 Å². The lowest BCUT2D eigenvalue weighted by atomic mass is 10.0. The van der Waals surface area contributed by atoms with Gasteiger partial charge in [0.1, 0.15) is 5.82 Å². The van der Waals surface area contributed by atoms with E-state index in [1.54, 1.807) is 6.07 Å². The van der Waals surface area contributed by atoms with E-state index in [1.807, 2.05) is 30.5 Å². The second kappa shape index (κ2) is 6.76. The highest BCUT2D eigenvalue weighted by atomic mass is 19.1. The first-order valence-corrected chi connectivity index (χ1v) is 9.41. The number of para-hydroxylation sites is 1. The van der Waals surface area contributed by atoms with Crippen molar-refractivity contribution in [3.8, 4) is 22.6 Å². The largest absolute Gasteiger partial charge is 0.366 e. The summed E-state index contributed by atoms with van der Waals surface area (Å²) in [7, 11) is 2.14. The Morgan fingerprint density at radius 2 is 1.86 bits per heavy atom. The summed E-state index contributed by atoms with van der Waals surface area (Å²) in [4.78, 5) is 12.9. The normalized spacial score (nSPS) is 15.4. The van der Waals surface area contributed by atoms with Crippen LogP contribution in [0.4, 0.5) is 10.1 Å². The Bertz CT molecular complexity index is 1120. The minimum atomic E-state index is -0.255. The first kappa shape index (κ1) is 16.9. The number of benzene rings is 2. The SMILES string of the molecule is CN1CCN(c2c[nH]nc2-c2nc3c(-c4cccc(F)c4)cccc3[nH]2)CC1. The number of halogens is 1. The average molecular weight is 376 g/mol. The van der Waals surface area contributed by atoms with Crippen LogP contribution in [-0.4, -0.2) is 58.3 Å². The maximum Gasteiger partial charge on any atom is 0.161 e. The summed E-state index contributed by atoms with van der Waals surface area (Å²) in [6.45, 7) is 3.96. The number of likely N-dealkylation sites (N-methyl/N-ethyl adjacent to an activating group) is 1. The lowest BCUT2D eigenvalue weighted by Gasteiger charge is -2.33. The van der Waals surface area contributed by atoms with Gasteiger partial charge in [-0.2, -0.15) is 5.10 Å². The Kier molecular flexibility index (Phi) is 4.09. The molecule has 1 aliphatic rings. The number of imidazole rings is 1. The number of fused-ring (bicyclic) bond motifs is 1. The van der Waals surface area contributed by atoms with E-state index < -0.39 is 0 Å². The van der Waals surface area contributed by atoms with Gasteiger partial charge in [0.05, 0.1) is 16.7 Å². The molecule has 7 heteroatoms. The Morgan fingerprint density at radius 1 is 1.04 bits per heavy atom. The number of nitrogens with one attached hydrogen (secondary N) is 2. The van der Waals surface area contributed by atoms with Gasteiger partial charge in [0.2, 0.25) is 0 Å². The van der Waals surface area contributed by atoms with Crippen molar-refractivity contribution in [3.05, 3.63) is 54.5 Å². The zero-order valence-electron chi connectivity index (χ0n) is 15.6. The van der Waals surface area contributed by atoms with Gasteiger partial charge in [-0.1, -0.05) is 24.3 Å². The molecule has 4 aromatic rings. The van der Waals surface area contributed by atoms with Crippen LogP contribution in [0.5, 0.6) is 0 Å². The van der Waals surface area contributed by atoms with E-state index in [0.29, 0.717) is 5.82 Å². The molecular formula is C21H21FN6. The molecule has 1 aliphatic heterocycles. The second-order valence-electron chi connectivity index (χ2n) is 7.21. The van der Waals surface area contributed by atoms with Crippen LogP contribution in [-0.2, 0) is 0 Å². The van der Waals surface area contributed by atoms with Crippen molar-refractivity contribution < 1.29 is 4.39 Å². The molecule has 0 spiro atoms. The quantitative estimate of drug-likeness (QED) is 0.574. The summed E-state index contributed by atoms with van der Waals surface area (Å²) >= 11 is 0. The molecule has 0 bridgehead atoms. The molecule has 0 amide bonds. The van der Waals surface area contributed by atoms with Crippen molar-refractivity contribution in [1.29, 1.82) is 0 Å². The first-order valence-electron chi connectivity index (χ1n) is 9.41. The standard InChI is InChI=1S/C21H21FN6/c1-27-8-10-28(11-9-27)18-13-23-26-20(18)21-24-17-7-3-6-16(19(17)25-21)14-4-2-5-15(22)12-14/h2-7,12-13H,8-11H2,1H3,(H,23,26)(H,24,25). The zero-order chi connectivity index (χ0) is 19.1. The third kappa shape index (κ3) is 2.93. The monoisotopic (exact) mass is 376 g/mol. The maximum absolute atomic E-state index is 13.7. The fraction of sp³-hybridized carbons (Fsp3) is 0.238. The molecule has 1 fully saturated rings. The fourth-order valence-corrected chi connectivity index (χ4v) is 3.78. The van der Waals surface area contributed by atoms with Gasteiger partial charge in [-0.05, 0) is 30.8 Å². The highest BCUT2D eigenvalue weighted by molar-refractivity contribution is 5.94. The van der Waals surface area contributed by atoms with E-state index in [-0.39, 0.29) is 5.82 Å². The average Bonchev–Trinajstić information content (AvgIpc) is 3.35. The van der Waals surface area contributed by atoms with Crippen LogP contribution < -0.4 is 4.90 Å². The molecule has 2 aromatic heterocycles. The number of hydrogen-bond donors (Lipinski definition) is 2. The third-order valence-electron chi connectivity index (χ3n) is 5.34. The van der Waals surface area contributed by atoms with Gasteiger partial charge < -0.3 is 14.8 Å².